The lowest BCUT2D eigenvalue weighted by molar-refractivity contribution is 0.0697. The van der Waals surface area contributed by atoms with Crippen molar-refractivity contribution in [1.29, 1.82) is 0 Å². The van der Waals surface area contributed by atoms with Crippen LogP contribution in [0.2, 0.25) is 5.02 Å². The van der Waals surface area contributed by atoms with Crippen molar-refractivity contribution in [2.75, 3.05) is 0 Å². The summed E-state index contributed by atoms with van der Waals surface area (Å²) in [6, 6.07) is 8.21. The van der Waals surface area contributed by atoms with E-state index in [9.17, 15) is 9.59 Å². The summed E-state index contributed by atoms with van der Waals surface area (Å²) in [5, 5.41) is 9.38. The Morgan fingerprint density at radius 1 is 1.33 bits per heavy atom. The molecule has 0 saturated heterocycles. The summed E-state index contributed by atoms with van der Waals surface area (Å²) in [7, 11) is 0. The van der Waals surface area contributed by atoms with Crippen molar-refractivity contribution < 1.29 is 9.90 Å². The predicted molar refractivity (Wildman–Crippen MR) is 85.3 cm³/mol. The number of aromatic nitrogens is 1. The first-order valence-electron chi connectivity index (χ1n) is 6.28. The fourth-order valence-corrected chi connectivity index (χ4v) is 2.80. The van der Waals surface area contributed by atoms with Crippen LogP contribution < -0.4 is 5.56 Å². The average molecular weight is 371 g/mol. The van der Waals surface area contributed by atoms with Gasteiger partial charge >= 0.3 is 5.97 Å². The molecule has 4 nitrogen and oxygen atoms in total. The molecule has 0 fully saturated rings. The third kappa shape index (κ3) is 3.54. The van der Waals surface area contributed by atoms with E-state index in [-0.39, 0.29) is 11.1 Å². The molecule has 2 aromatic rings. The Balaban J connectivity index is 2.20. The molecule has 0 aliphatic heterocycles. The van der Waals surface area contributed by atoms with Gasteiger partial charge in [0.2, 0.25) is 0 Å². The second-order valence-electron chi connectivity index (χ2n) is 4.63. The second-order valence-corrected chi connectivity index (χ2v) is 5.90. The van der Waals surface area contributed by atoms with Gasteiger partial charge in [-0.25, -0.2) is 4.79 Å². The first-order chi connectivity index (χ1) is 9.90. The highest BCUT2D eigenvalue weighted by molar-refractivity contribution is 9.10. The molecule has 21 heavy (non-hydrogen) atoms. The number of benzene rings is 1. The Bertz CT molecular complexity index is 738. The van der Waals surface area contributed by atoms with Gasteiger partial charge in [-0.3, -0.25) is 4.79 Å². The van der Waals surface area contributed by atoms with E-state index < -0.39 is 5.97 Å². The summed E-state index contributed by atoms with van der Waals surface area (Å²) in [6.07, 6.45) is 0.618. The van der Waals surface area contributed by atoms with Crippen LogP contribution in [0.25, 0.3) is 0 Å². The molecule has 0 bridgehead atoms. The monoisotopic (exact) mass is 369 g/mol. The van der Waals surface area contributed by atoms with E-state index in [2.05, 4.69) is 15.9 Å². The van der Waals surface area contributed by atoms with Crippen LogP contribution in [0, 0.1) is 6.92 Å². The van der Waals surface area contributed by atoms with Crippen LogP contribution in [0.15, 0.2) is 39.6 Å². The van der Waals surface area contributed by atoms with Gasteiger partial charge in [-0.05, 0) is 53.0 Å². The lowest BCUT2D eigenvalue weighted by Crippen LogP contribution is -2.24. The highest BCUT2D eigenvalue weighted by Crippen LogP contribution is 2.18. The van der Waals surface area contributed by atoms with Crippen LogP contribution in [0.1, 0.15) is 21.6 Å². The number of carboxylic acids is 1. The summed E-state index contributed by atoms with van der Waals surface area (Å²) in [5.41, 5.74) is 1.80. The highest BCUT2D eigenvalue weighted by atomic mass is 79.9. The zero-order chi connectivity index (χ0) is 15.6. The molecule has 0 atom stereocenters. The normalized spacial score (nSPS) is 10.6. The molecule has 110 valence electrons. The Kier molecular flexibility index (Phi) is 4.85. The van der Waals surface area contributed by atoms with Crippen molar-refractivity contribution in [2.45, 2.75) is 19.9 Å². The molecule has 0 unspecified atom stereocenters. The van der Waals surface area contributed by atoms with Gasteiger partial charge in [-0.1, -0.05) is 23.7 Å². The number of halogens is 2. The summed E-state index contributed by atoms with van der Waals surface area (Å²) < 4.78 is 2.04. The first-order valence-corrected chi connectivity index (χ1v) is 7.45. The topological polar surface area (TPSA) is 59.3 Å². The van der Waals surface area contributed by atoms with E-state index in [1.807, 2.05) is 0 Å². The molecule has 0 amide bonds. The Morgan fingerprint density at radius 2 is 1.95 bits per heavy atom. The van der Waals surface area contributed by atoms with E-state index in [0.717, 1.165) is 5.56 Å². The maximum Gasteiger partial charge on any atom is 0.335 e. The molecular formula is C15H13BrClNO3. The van der Waals surface area contributed by atoms with Gasteiger partial charge in [0, 0.05) is 12.2 Å². The summed E-state index contributed by atoms with van der Waals surface area (Å²) in [5.74, 6) is -0.951. The number of aryl methyl sites for hydroxylation is 1. The predicted octanol–water partition coefficient (Wildman–Crippen LogP) is 3.51. The van der Waals surface area contributed by atoms with Gasteiger partial charge in [-0.2, -0.15) is 0 Å². The van der Waals surface area contributed by atoms with Crippen molar-refractivity contribution in [3.63, 3.8) is 0 Å². The third-order valence-electron chi connectivity index (χ3n) is 3.28. The standard InChI is InChI=1S/C15H13BrClNO3/c1-9-13(17)8-12(16)14(19)18(9)7-6-10-2-4-11(5-3-10)15(20)21/h2-5,8H,6-7H2,1H3,(H,20,21). The number of aromatic carboxylic acids is 1. The van der Waals surface area contributed by atoms with E-state index in [1.165, 1.54) is 0 Å². The van der Waals surface area contributed by atoms with Crippen LogP contribution in [0.4, 0.5) is 0 Å². The Morgan fingerprint density at radius 3 is 2.52 bits per heavy atom. The minimum Gasteiger partial charge on any atom is -0.478 e. The van der Waals surface area contributed by atoms with Crippen molar-refractivity contribution in [1.82, 2.24) is 4.57 Å². The van der Waals surface area contributed by atoms with Crippen molar-refractivity contribution in [2.24, 2.45) is 0 Å². The summed E-state index contributed by atoms with van der Waals surface area (Å²) in [4.78, 5) is 22.9. The minimum atomic E-state index is -0.951. The van der Waals surface area contributed by atoms with E-state index in [0.29, 0.717) is 28.2 Å². The lowest BCUT2D eigenvalue weighted by atomic mass is 10.1. The van der Waals surface area contributed by atoms with E-state index in [1.54, 1.807) is 41.8 Å². The van der Waals surface area contributed by atoms with Crippen LogP contribution in [0.3, 0.4) is 0 Å². The van der Waals surface area contributed by atoms with Crippen LogP contribution in [0.5, 0.6) is 0 Å². The SMILES string of the molecule is Cc1c(Cl)cc(Br)c(=O)n1CCc1ccc(C(=O)O)cc1. The van der Waals surface area contributed by atoms with Crippen LogP contribution in [-0.2, 0) is 13.0 Å². The fourth-order valence-electron chi connectivity index (χ4n) is 2.01. The smallest absolute Gasteiger partial charge is 0.335 e. The summed E-state index contributed by atoms with van der Waals surface area (Å²) in [6.45, 7) is 2.28. The minimum absolute atomic E-state index is 0.126. The van der Waals surface area contributed by atoms with Gasteiger partial charge in [0.25, 0.3) is 5.56 Å². The van der Waals surface area contributed by atoms with Gasteiger partial charge in [0.15, 0.2) is 0 Å². The van der Waals surface area contributed by atoms with Crippen molar-refractivity contribution in [3.8, 4) is 0 Å². The number of nitrogens with zero attached hydrogens (tertiary/aromatic N) is 1. The third-order valence-corrected chi connectivity index (χ3v) is 4.23. The number of pyridine rings is 1. The molecule has 0 aliphatic carbocycles. The number of hydrogen-bond donors (Lipinski definition) is 1. The van der Waals surface area contributed by atoms with E-state index in [4.69, 9.17) is 16.7 Å². The maximum absolute atomic E-state index is 12.1. The van der Waals surface area contributed by atoms with Crippen LogP contribution in [-0.4, -0.2) is 15.6 Å². The highest BCUT2D eigenvalue weighted by Gasteiger charge is 2.09. The first kappa shape index (κ1) is 15.8. The summed E-state index contributed by atoms with van der Waals surface area (Å²) >= 11 is 9.27. The van der Waals surface area contributed by atoms with Gasteiger partial charge in [0.1, 0.15) is 0 Å². The van der Waals surface area contributed by atoms with E-state index >= 15 is 0 Å². The maximum atomic E-state index is 12.1. The molecule has 1 aromatic heterocycles. The quantitative estimate of drug-likeness (QED) is 0.896. The van der Waals surface area contributed by atoms with Crippen LogP contribution >= 0.6 is 27.5 Å². The molecule has 0 radical (unpaired) electrons. The number of carbonyl (C=O) groups is 1. The molecule has 0 saturated carbocycles. The molecule has 1 aromatic carbocycles. The zero-order valence-electron chi connectivity index (χ0n) is 11.3. The zero-order valence-corrected chi connectivity index (χ0v) is 13.6. The Labute approximate surface area is 135 Å². The van der Waals surface area contributed by atoms with Crippen molar-refractivity contribution >= 4 is 33.5 Å². The van der Waals surface area contributed by atoms with Gasteiger partial charge in [-0.15, -0.1) is 0 Å². The molecule has 2 rings (SSSR count). The van der Waals surface area contributed by atoms with Gasteiger partial charge in [0.05, 0.1) is 15.1 Å². The molecular weight excluding hydrogens is 358 g/mol. The molecule has 6 heteroatoms. The van der Waals surface area contributed by atoms with Gasteiger partial charge < -0.3 is 9.67 Å². The number of carboxylic acid groups (broad SMARTS) is 1. The molecule has 0 aliphatic rings. The van der Waals surface area contributed by atoms with Crippen molar-refractivity contribution in [3.05, 3.63) is 67.0 Å². The lowest BCUT2D eigenvalue weighted by Gasteiger charge is -2.12. The largest absolute Gasteiger partial charge is 0.478 e. The number of rotatable bonds is 4. The number of hydrogen-bond acceptors (Lipinski definition) is 2. The average Bonchev–Trinajstić information content (AvgIpc) is 2.45. The molecule has 1 N–H and O–H groups in total. The second kappa shape index (κ2) is 6.45. The Hall–Kier alpha value is -1.59. The fraction of sp³-hybridized carbons (Fsp3) is 0.200. The molecule has 0 spiro atoms. The molecule has 1 heterocycles.